The van der Waals surface area contributed by atoms with Crippen LogP contribution in [0.2, 0.25) is 0 Å². The molecule has 0 bridgehead atoms. The molecule has 3 nitrogen and oxygen atoms in total. The molecule has 1 saturated heterocycles. The Hall–Kier alpha value is -0.560. The van der Waals surface area contributed by atoms with Gasteiger partial charge in [-0.2, -0.15) is 0 Å². The van der Waals surface area contributed by atoms with E-state index >= 15 is 0 Å². The second kappa shape index (κ2) is 6.56. The number of nitrogens with one attached hydrogen (secondary N) is 1. The van der Waals surface area contributed by atoms with Crippen molar-refractivity contribution in [2.75, 3.05) is 33.4 Å². The van der Waals surface area contributed by atoms with E-state index in [0.717, 1.165) is 32.7 Å². The van der Waals surface area contributed by atoms with Crippen LogP contribution in [0.1, 0.15) is 39.0 Å². The van der Waals surface area contributed by atoms with Gasteiger partial charge >= 0.3 is 0 Å². The van der Waals surface area contributed by atoms with Gasteiger partial charge in [0.05, 0.1) is 13.2 Å². The third-order valence-electron chi connectivity index (χ3n) is 4.59. The summed E-state index contributed by atoms with van der Waals surface area (Å²) in [4.78, 5) is 2.67. The van der Waals surface area contributed by atoms with Gasteiger partial charge in [0.15, 0.2) is 0 Å². The molecular weight excluding hydrogens is 224 g/mol. The molecular formula is C15H26N2O. The highest BCUT2D eigenvalue weighted by Gasteiger charge is 2.45. The quantitative estimate of drug-likeness (QED) is 0.768. The number of hydrogen-bond acceptors (Lipinski definition) is 3. The van der Waals surface area contributed by atoms with Crippen molar-refractivity contribution in [1.29, 1.82) is 0 Å². The van der Waals surface area contributed by atoms with Gasteiger partial charge in [-0.1, -0.05) is 12.8 Å². The molecule has 0 aromatic heterocycles. The molecule has 2 aliphatic rings. The molecule has 1 N–H and O–H groups in total. The number of morpholine rings is 1. The lowest BCUT2D eigenvalue weighted by Gasteiger charge is -2.48. The van der Waals surface area contributed by atoms with Crippen LogP contribution in [-0.4, -0.2) is 49.8 Å². The van der Waals surface area contributed by atoms with Gasteiger partial charge in [0.2, 0.25) is 0 Å². The SMILES string of the molecule is CC#CCC(NC)C1(N2CCOCC2)CCCC1. The minimum atomic E-state index is 0.322. The number of likely N-dealkylation sites (N-methyl/N-ethyl adjacent to an activating group) is 1. The smallest absolute Gasteiger partial charge is 0.0594 e. The number of hydrogen-bond donors (Lipinski definition) is 1. The number of ether oxygens (including phenoxy) is 1. The second-order valence-electron chi connectivity index (χ2n) is 5.38. The second-order valence-corrected chi connectivity index (χ2v) is 5.38. The monoisotopic (exact) mass is 250 g/mol. The molecule has 1 aliphatic carbocycles. The van der Waals surface area contributed by atoms with Gasteiger partial charge in [0.1, 0.15) is 0 Å². The summed E-state index contributed by atoms with van der Waals surface area (Å²) in [5, 5.41) is 3.53. The van der Waals surface area contributed by atoms with Crippen molar-refractivity contribution in [2.45, 2.75) is 50.6 Å². The zero-order valence-electron chi connectivity index (χ0n) is 11.8. The van der Waals surface area contributed by atoms with E-state index in [-0.39, 0.29) is 0 Å². The molecule has 2 rings (SSSR count). The lowest BCUT2D eigenvalue weighted by Crippen LogP contribution is -2.61. The van der Waals surface area contributed by atoms with E-state index in [1.165, 1.54) is 25.7 Å². The van der Waals surface area contributed by atoms with E-state index in [9.17, 15) is 0 Å². The first-order valence-electron chi connectivity index (χ1n) is 7.23. The van der Waals surface area contributed by atoms with Crippen molar-refractivity contribution < 1.29 is 4.74 Å². The van der Waals surface area contributed by atoms with Crippen LogP contribution in [0.25, 0.3) is 0 Å². The van der Waals surface area contributed by atoms with Crippen LogP contribution in [0.3, 0.4) is 0 Å². The van der Waals surface area contributed by atoms with E-state index in [1.807, 2.05) is 6.92 Å². The van der Waals surface area contributed by atoms with E-state index in [4.69, 9.17) is 4.74 Å². The summed E-state index contributed by atoms with van der Waals surface area (Å²) in [6.07, 6.45) is 6.29. The van der Waals surface area contributed by atoms with Crippen LogP contribution in [0.15, 0.2) is 0 Å². The molecule has 0 radical (unpaired) electrons. The molecule has 0 aromatic carbocycles. The summed E-state index contributed by atoms with van der Waals surface area (Å²) in [6.45, 7) is 5.87. The summed E-state index contributed by atoms with van der Waals surface area (Å²) in [6, 6.07) is 0.491. The van der Waals surface area contributed by atoms with Gasteiger partial charge in [0.25, 0.3) is 0 Å². The first-order valence-corrected chi connectivity index (χ1v) is 7.23. The molecule has 1 saturated carbocycles. The Labute approximate surface area is 111 Å². The molecule has 18 heavy (non-hydrogen) atoms. The normalized spacial score (nSPS) is 25.4. The Morgan fingerprint density at radius 3 is 2.50 bits per heavy atom. The predicted molar refractivity (Wildman–Crippen MR) is 74.5 cm³/mol. The zero-order valence-corrected chi connectivity index (χ0v) is 11.8. The number of nitrogens with zero attached hydrogens (tertiary/aromatic N) is 1. The summed E-state index contributed by atoms with van der Waals surface area (Å²) in [5.74, 6) is 6.31. The molecule has 1 heterocycles. The van der Waals surface area contributed by atoms with Crippen LogP contribution in [0.5, 0.6) is 0 Å². The van der Waals surface area contributed by atoms with Crippen molar-refractivity contribution in [3.05, 3.63) is 0 Å². The zero-order chi connectivity index (χ0) is 12.8. The van der Waals surface area contributed by atoms with E-state index < -0.39 is 0 Å². The van der Waals surface area contributed by atoms with Gasteiger partial charge in [-0.05, 0) is 26.8 Å². The topological polar surface area (TPSA) is 24.5 Å². The van der Waals surface area contributed by atoms with E-state index in [2.05, 4.69) is 29.1 Å². The standard InChI is InChI=1S/C15H26N2O/c1-3-4-7-14(16-2)15(8-5-6-9-15)17-10-12-18-13-11-17/h14,16H,5-13H2,1-2H3. The fourth-order valence-electron chi connectivity index (χ4n) is 3.65. The summed E-state index contributed by atoms with van der Waals surface area (Å²) >= 11 is 0. The van der Waals surface area contributed by atoms with Gasteiger partial charge < -0.3 is 10.1 Å². The van der Waals surface area contributed by atoms with Gasteiger partial charge in [-0.3, -0.25) is 4.90 Å². The molecule has 0 amide bonds. The lowest BCUT2D eigenvalue weighted by molar-refractivity contribution is -0.0341. The first kappa shape index (κ1) is 13.9. The Balaban J connectivity index is 2.14. The maximum atomic E-state index is 5.51. The van der Waals surface area contributed by atoms with Crippen LogP contribution in [0.4, 0.5) is 0 Å². The van der Waals surface area contributed by atoms with Gasteiger partial charge in [0, 0.05) is 31.1 Å². The number of rotatable bonds is 4. The van der Waals surface area contributed by atoms with Crippen molar-refractivity contribution in [1.82, 2.24) is 10.2 Å². The molecule has 102 valence electrons. The minimum absolute atomic E-state index is 0.322. The van der Waals surface area contributed by atoms with Crippen molar-refractivity contribution in [3.8, 4) is 11.8 Å². The Kier molecular flexibility index (Phi) is 5.05. The van der Waals surface area contributed by atoms with E-state index in [0.29, 0.717) is 11.6 Å². The highest BCUT2D eigenvalue weighted by atomic mass is 16.5. The largest absolute Gasteiger partial charge is 0.379 e. The van der Waals surface area contributed by atoms with Crippen LogP contribution >= 0.6 is 0 Å². The minimum Gasteiger partial charge on any atom is -0.379 e. The van der Waals surface area contributed by atoms with E-state index in [1.54, 1.807) is 0 Å². The molecule has 3 heteroatoms. The van der Waals surface area contributed by atoms with Crippen molar-refractivity contribution in [3.63, 3.8) is 0 Å². The predicted octanol–water partition coefficient (Wildman–Crippen LogP) is 1.63. The molecule has 2 fully saturated rings. The third-order valence-corrected chi connectivity index (χ3v) is 4.59. The highest BCUT2D eigenvalue weighted by molar-refractivity contribution is 5.09. The molecule has 0 aromatic rings. The van der Waals surface area contributed by atoms with Gasteiger partial charge in [-0.25, -0.2) is 0 Å². The average molecular weight is 250 g/mol. The van der Waals surface area contributed by atoms with Crippen LogP contribution < -0.4 is 5.32 Å². The molecule has 1 unspecified atom stereocenters. The average Bonchev–Trinajstić information content (AvgIpc) is 2.91. The maximum Gasteiger partial charge on any atom is 0.0594 e. The van der Waals surface area contributed by atoms with Gasteiger partial charge in [-0.15, -0.1) is 11.8 Å². The Morgan fingerprint density at radius 1 is 1.28 bits per heavy atom. The molecule has 1 aliphatic heterocycles. The summed E-state index contributed by atoms with van der Waals surface area (Å²) < 4.78 is 5.51. The van der Waals surface area contributed by atoms with Crippen molar-refractivity contribution >= 4 is 0 Å². The fourth-order valence-corrected chi connectivity index (χ4v) is 3.65. The maximum absolute atomic E-state index is 5.51. The Morgan fingerprint density at radius 2 is 1.94 bits per heavy atom. The first-order chi connectivity index (χ1) is 8.83. The summed E-state index contributed by atoms with van der Waals surface area (Å²) in [5.41, 5.74) is 0.322. The van der Waals surface area contributed by atoms with Crippen LogP contribution in [-0.2, 0) is 4.74 Å². The fraction of sp³-hybridized carbons (Fsp3) is 0.867. The summed E-state index contributed by atoms with van der Waals surface area (Å²) in [7, 11) is 2.09. The Bertz CT molecular complexity index is 306. The molecule has 0 spiro atoms. The lowest BCUT2D eigenvalue weighted by atomic mass is 9.84. The molecule has 1 atom stereocenters. The van der Waals surface area contributed by atoms with Crippen molar-refractivity contribution in [2.24, 2.45) is 0 Å². The van der Waals surface area contributed by atoms with Crippen LogP contribution in [0, 0.1) is 11.8 Å². The third kappa shape index (κ3) is 2.71. The highest BCUT2D eigenvalue weighted by Crippen LogP contribution is 2.39.